The summed E-state index contributed by atoms with van der Waals surface area (Å²) in [5, 5.41) is 15.3. The Balaban J connectivity index is 1.82. The number of nitriles is 1. The molecule has 0 saturated heterocycles. The van der Waals surface area contributed by atoms with Crippen molar-refractivity contribution >= 4 is 22.6 Å². The van der Waals surface area contributed by atoms with Crippen LogP contribution in [-0.4, -0.2) is 12.1 Å². The number of nitrogens with one attached hydrogen (secondary N) is 1. The van der Waals surface area contributed by atoms with E-state index in [2.05, 4.69) is 48.4 Å². The first-order chi connectivity index (χ1) is 12.6. The Bertz CT molecular complexity index is 981. The van der Waals surface area contributed by atoms with Crippen LogP contribution in [0.25, 0.3) is 16.8 Å². The van der Waals surface area contributed by atoms with Gasteiger partial charge in [0.05, 0.1) is 12.8 Å². The summed E-state index contributed by atoms with van der Waals surface area (Å²) in [6, 6.07) is 16.0. The van der Waals surface area contributed by atoms with Gasteiger partial charge in [0.15, 0.2) is 0 Å². The van der Waals surface area contributed by atoms with E-state index < -0.39 is 0 Å². The SMILES string of the molecule is COc1ccc(N/C=C(\C#N)c2nc(-c3ccc(C)cc3C)cs2)cc1. The molecule has 0 fully saturated rings. The number of ether oxygens (including phenoxy) is 1. The average molecular weight is 361 g/mol. The lowest BCUT2D eigenvalue weighted by Crippen LogP contribution is -1.92. The monoisotopic (exact) mass is 361 g/mol. The fourth-order valence-corrected chi connectivity index (χ4v) is 3.39. The van der Waals surface area contributed by atoms with Gasteiger partial charge in [-0.3, -0.25) is 0 Å². The van der Waals surface area contributed by atoms with Crippen LogP contribution < -0.4 is 10.1 Å². The van der Waals surface area contributed by atoms with Crippen molar-refractivity contribution in [1.82, 2.24) is 4.98 Å². The van der Waals surface area contributed by atoms with Crippen molar-refractivity contribution in [1.29, 1.82) is 5.26 Å². The number of benzene rings is 2. The molecule has 130 valence electrons. The molecule has 0 radical (unpaired) electrons. The Morgan fingerprint density at radius 1 is 1.19 bits per heavy atom. The number of aromatic nitrogens is 1. The summed E-state index contributed by atoms with van der Waals surface area (Å²) in [6.07, 6.45) is 1.69. The van der Waals surface area contributed by atoms with Crippen molar-refractivity contribution in [3.05, 3.63) is 70.2 Å². The molecule has 3 aromatic rings. The van der Waals surface area contributed by atoms with Gasteiger partial charge in [-0.15, -0.1) is 11.3 Å². The summed E-state index contributed by atoms with van der Waals surface area (Å²) in [5.74, 6) is 0.790. The molecule has 0 unspecified atom stereocenters. The van der Waals surface area contributed by atoms with E-state index >= 15 is 0 Å². The van der Waals surface area contributed by atoms with E-state index in [1.165, 1.54) is 22.5 Å². The minimum absolute atomic E-state index is 0.502. The van der Waals surface area contributed by atoms with E-state index in [0.717, 1.165) is 22.7 Å². The van der Waals surface area contributed by atoms with Crippen molar-refractivity contribution in [3.63, 3.8) is 0 Å². The highest BCUT2D eigenvalue weighted by atomic mass is 32.1. The van der Waals surface area contributed by atoms with E-state index in [1.54, 1.807) is 13.3 Å². The Morgan fingerprint density at radius 2 is 1.96 bits per heavy atom. The van der Waals surface area contributed by atoms with Crippen LogP contribution in [0.5, 0.6) is 5.75 Å². The second kappa shape index (κ2) is 7.85. The maximum atomic E-state index is 9.50. The third-order valence-corrected chi connectivity index (χ3v) is 4.86. The molecular weight excluding hydrogens is 342 g/mol. The Kier molecular flexibility index (Phi) is 5.35. The molecule has 0 aliphatic heterocycles. The Hall–Kier alpha value is -3.10. The Labute approximate surface area is 157 Å². The van der Waals surface area contributed by atoms with Crippen molar-refractivity contribution in [2.45, 2.75) is 13.8 Å². The maximum Gasteiger partial charge on any atom is 0.136 e. The molecule has 4 nitrogen and oxygen atoms in total. The molecule has 2 aromatic carbocycles. The smallest absolute Gasteiger partial charge is 0.136 e. The summed E-state index contributed by atoms with van der Waals surface area (Å²) in [4.78, 5) is 4.65. The van der Waals surface area contributed by atoms with Crippen molar-refractivity contribution in [2.24, 2.45) is 0 Å². The highest BCUT2D eigenvalue weighted by Gasteiger charge is 2.10. The zero-order valence-electron chi connectivity index (χ0n) is 14.9. The number of nitrogens with zero attached hydrogens (tertiary/aromatic N) is 2. The van der Waals surface area contributed by atoms with E-state index in [0.29, 0.717) is 10.6 Å². The zero-order chi connectivity index (χ0) is 18.5. The van der Waals surface area contributed by atoms with Crippen LogP contribution in [0.1, 0.15) is 16.1 Å². The van der Waals surface area contributed by atoms with Gasteiger partial charge in [-0.2, -0.15) is 5.26 Å². The Morgan fingerprint density at radius 3 is 2.62 bits per heavy atom. The van der Waals surface area contributed by atoms with Gasteiger partial charge < -0.3 is 10.1 Å². The molecule has 0 amide bonds. The number of anilines is 1. The topological polar surface area (TPSA) is 57.9 Å². The van der Waals surface area contributed by atoms with Gasteiger partial charge in [0.25, 0.3) is 0 Å². The van der Waals surface area contributed by atoms with Crippen LogP contribution in [0.15, 0.2) is 54.0 Å². The lowest BCUT2D eigenvalue weighted by atomic mass is 10.0. The standard InChI is InChI=1S/C21H19N3OS/c1-14-4-9-19(15(2)10-14)20-13-26-21(24-20)16(11-22)12-23-17-5-7-18(25-3)8-6-17/h4-10,12-13,23H,1-3H3/b16-12+. The number of rotatable bonds is 5. The molecule has 3 rings (SSSR count). The molecule has 5 heteroatoms. The van der Waals surface area contributed by atoms with Crippen molar-refractivity contribution < 1.29 is 4.74 Å². The summed E-state index contributed by atoms with van der Waals surface area (Å²) < 4.78 is 5.14. The fourth-order valence-electron chi connectivity index (χ4n) is 2.61. The molecule has 0 spiro atoms. The van der Waals surface area contributed by atoms with Crippen LogP contribution in [-0.2, 0) is 0 Å². The zero-order valence-corrected chi connectivity index (χ0v) is 15.7. The fraction of sp³-hybridized carbons (Fsp3) is 0.143. The summed E-state index contributed by atoms with van der Waals surface area (Å²) in [7, 11) is 1.63. The molecule has 0 saturated carbocycles. The highest BCUT2D eigenvalue weighted by Crippen LogP contribution is 2.28. The van der Waals surface area contributed by atoms with Crippen LogP contribution in [0, 0.1) is 25.2 Å². The van der Waals surface area contributed by atoms with Crippen molar-refractivity contribution in [3.8, 4) is 23.1 Å². The number of hydrogen-bond donors (Lipinski definition) is 1. The number of methoxy groups -OCH3 is 1. The van der Waals surface area contributed by atoms with E-state index in [9.17, 15) is 5.26 Å². The number of aryl methyl sites for hydroxylation is 2. The van der Waals surface area contributed by atoms with E-state index in [-0.39, 0.29) is 0 Å². The summed E-state index contributed by atoms with van der Waals surface area (Å²) in [6.45, 7) is 4.15. The van der Waals surface area contributed by atoms with E-state index in [1.807, 2.05) is 29.6 Å². The largest absolute Gasteiger partial charge is 0.497 e. The molecule has 0 aliphatic rings. The lowest BCUT2D eigenvalue weighted by Gasteiger charge is -2.04. The molecular formula is C21H19N3OS. The highest BCUT2D eigenvalue weighted by molar-refractivity contribution is 7.11. The second-order valence-corrected chi connectivity index (χ2v) is 6.76. The average Bonchev–Trinajstić information content (AvgIpc) is 3.12. The quantitative estimate of drug-likeness (QED) is 0.617. The second-order valence-electron chi connectivity index (χ2n) is 5.90. The molecule has 0 aliphatic carbocycles. The third-order valence-electron chi connectivity index (χ3n) is 3.99. The number of hydrogen-bond acceptors (Lipinski definition) is 5. The van der Waals surface area contributed by atoms with Gasteiger partial charge in [-0.25, -0.2) is 4.98 Å². The predicted octanol–water partition coefficient (Wildman–Crippen LogP) is 5.41. The van der Waals surface area contributed by atoms with Crippen LogP contribution in [0.4, 0.5) is 5.69 Å². The van der Waals surface area contributed by atoms with E-state index in [4.69, 9.17) is 4.74 Å². The van der Waals surface area contributed by atoms with Gasteiger partial charge in [-0.1, -0.05) is 23.8 Å². The van der Waals surface area contributed by atoms with Crippen LogP contribution >= 0.6 is 11.3 Å². The third kappa shape index (κ3) is 3.93. The van der Waals surface area contributed by atoms with Gasteiger partial charge in [0.1, 0.15) is 22.4 Å². The van der Waals surface area contributed by atoms with Crippen molar-refractivity contribution in [2.75, 3.05) is 12.4 Å². The maximum absolute atomic E-state index is 9.50. The number of thiazole rings is 1. The predicted molar refractivity (Wildman–Crippen MR) is 107 cm³/mol. The molecule has 1 N–H and O–H groups in total. The first kappa shape index (κ1) is 17.7. The first-order valence-corrected chi connectivity index (χ1v) is 9.03. The first-order valence-electron chi connectivity index (χ1n) is 8.15. The minimum atomic E-state index is 0.502. The minimum Gasteiger partial charge on any atom is -0.497 e. The van der Waals surface area contributed by atoms with Gasteiger partial charge in [0.2, 0.25) is 0 Å². The van der Waals surface area contributed by atoms with Crippen LogP contribution in [0.2, 0.25) is 0 Å². The summed E-state index contributed by atoms with van der Waals surface area (Å²) in [5.41, 5.74) is 5.78. The van der Waals surface area contributed by atoms with Crippen LogP contribution in [0.3, 0.4) is 0 Å². The number of allylic oxidation sites excluding steroid dienone is 1. The molecule has 1 aromatic heterocycles. The normalized spacial score (nSPS) is 11.1. The lowest BCUT2D eigenvalue weighted by molar-refractivity contribution is 0.415. The van der Waals surface area contributed by atoms with Gasteiger partial charge in [-0.05, 0) is 43.7 Å². The molecule has 26 heavy (non-hydrogen) atoms. The van der Waals surface area contributed by atoms with Gasteiger partial charge >= 0.3 is 0 Å². The molecule has 0 atom stereocenters. The molecule has 1 heterocycles. The summed E-state index contributed by atoms with van der Waals surface area (Å²) >= 11 is 1.47. The van der Waals surface area contributed by atoms with Gasteiger partial charge in [0, 0.05) is 22.8 Å². The molecule has 0 bridgehead atoms.